The van der Waals surface area contributed by atoms with Crippen molar-refractivity contribution in [2.24, 2.45) is 0 Å². The molecular formula is C10H15NO. The van der Waals surface area contributed by atoms with E-state index in [2.05, 4.69) is 18.8 Å². The van der Waals surface area contributed by atoms with Crippen LogP contribution in [0.15, 0.2) is 18.5 Å². The first-order valence-corrected chi connectivity index (χ1v) is 4.24. The van der Waals surface area contributed by atoms with Crippen molar-refractivity contribution in [2.75, 3.05) is 0 Å². The lowest BCUT2D eigenvalue weighted by Crippen LogP contribution is -1.96. The minimum Gasteiger partial charge on any atom is -0.389 e. The molecule has 0 amide bonds. The van der Waals surface area contributed by atoms with Gasteiger partial charge in [0.2, 0.25) is 0 Å². The number of aromatic nitrogens is 1. The van der Waals surface area contributed by atoms with Crippen LogP contribution in [0.25, 0.3) is 0 Å². The molecule has 1 unspecified atom stereocenters. The maximum absolute atomic E-state index is 9.29. The van der Waals surface area contributed by atoms with Gasteiger partial charge in [-0.1, -0.05) is 13.8 Å². The fourth-order valence-corrected chi connectivity index (χ4v) is 1.02. The Labute approximate surface area is 73.3 Å². The molecule has 1 aromatic rings. The molecular weight excluding hydrogens is 150 g/mol. The molecule has 2 heteroatoms. The maximum atomic E-state index is 9.29. The monoisotopic (exact) mass is 165 g/mol. The van der Waals surface area contributed by atoms with Crippen LogP contribution in [0.2, 0.25) is 0 Å². The summed E-state index contributed by atoms with van der Waals surface area (Å²) in [5.74, 6) is 0.469. The third-order valence-electron chi connectivity index (χ3n) is 1.93. The number of hydrogen-bond acceptors (Lipinski definition) is 2. The Morgan fingerprint density at radius 3 is 2.25 bits per heavy atom. The van der Waals surface area contributed by atoms with Crippen LogP contribution in [0.3, 0.4) is 0 Å². The van der Waals surface area contributed by atoms with E-state index in [9.17, 15) is 5.11 Å². The lowest BCUT2D eigenvalue weighted by Gasteiger charge is -2.08. The van der Waals surface area contributed by atoms with E-state index in [0.717, 1.165) is 5.56 Å². The van der Waals surface area contributed by atoms with E-state index in [0.29, 0.717) is 5.92 Å². The zero-order valence-corrected chi connectivity index (χ0v) is 7.78. The molecule has 1 heterocycles. The third-order valence-corrected chi connectivity index (χ3v) is 1.93. The Morgan fingerprint density at radius 1 is 1.17 bits per heavy atom. The Kier molecular flexibility index (Phi) is 2.82. The van der Waals surface area contributed by atoms with Crippen molar-refractivity contribution in [3.05, 3.63) is 29.6 Å². The number of pyridine rings is 1. The number of aliphatic hydroxyl groups excluding tert-OH is 1. The Balaban J connectivity index is 2.96. The summed E-state index contributed by atoms with van der Waals surface area (Å²) in [6.07, 6.45) is 3.13. The van der Waals surface area contributed by atoms with E-state index in [1.807, 2.05) is 12.3 Å². The van der Waals surface area contributed by atoms with Gasteiger partial charge in [0.1, 0.15) is 0 Å². The fourth-order valence-electron chi connectivity index (χ4n) is 1.02. The van der Waals surface area contributed by atoms with Crippen molar-refractivity contribution in [3.63, 3.8) is 0 Å². The molecule has 0 radical (unpaired) electrons. The molecule has 0 spiro atoms. The lowest BCUT2D eigenvalue weighted by molar-refractivity contribution is 0.198. The number of hydrogen-bond donors (Lipinski definition) is 1. The minimum atomic E-state index is -0.420. The van der Waals surface area contributed by atoms with Gasteiger partial charge in [0.25, 0.3) is 0 Å². The van der Waals surface area contributed by atoms with Crippen LogP contribution in [0.5, 0.6) is 0 Å². The van der Waals surface area contributed by atoms with Crippen molar-refractivity contribution in [2.45, 2.75) is 32.8 Å². The second kappa shape index (κ2) is 3.68. The third kappa shape index (κ3) is 2.05. The normalized spacial score (nSPS) is 13.4. The van der Waals surface area contributed by atoms with E-state index in [1.54, 1.807) is 13.1 Å². The first-order chi connectivity index (χ1) is 5.61. The molecule has 1 atom stereocenters. The minimum absolute atomic E-state index is 0.420. The van der Waals surface area contributed by atoms with Crippen molar-refractivity contribution >= 4 is 0 Å². The molecule has 1 aromatic heterocycles. The second-order valence-corrected chi connectivity index (χ2v) is 3.38. The highest BCUT2D eigenvalue weighted by Crippen LogP contribution is 2.17. The van der Waals surface area contributed by atoms with Gasteiger partial charge in [-0.25, -0.2) is 0 Å². The van der Waals surface area contributed by atoms with E-state index in [-0.39, 0.29) is 0 Å². The first kappa shape index (κ1) is 9.20. The molecule has 0 saturated heterocycles. The average molecular weight is 165 g/mol. The van der Waals surface area contributed by atoms with Gasteiger partial charge in [-0.3, -0.25) is 4.98 Å². The zero-order valence-electron chi connectivity index (χ0n) is 7.78. The molecule has 0 aliphatic carbocycles. The van der Waals surface area contributed by atoms with E-state index in [1.165, 1.54) is 5.56 Å². The number of nitrogens with zero attached hydrogens (tertiary/aromatic N) is 1. The molecule has 1 rings (SSSR count). The van der Waals surface area contributed by atoms with Crippen molar-refractivity contribution in [1.82, 2.24) is 4.98 Å². The maximum Gasteiger partial charge on any atom is 0.0776 e. The van der Waals surface area contributed by atoms with Gasteiger partial charge in [0.15, 0.2) is 0 Å². The van der Waals surface area contributed by atoms with E-state index in [4.69, 9.17) is 0 Å². The topological polar surface area (TPSA) is 33.1 Å². The lowest BCUT2D eigenvalue weighted by atomic mass is 10.0. The standard InChI is InChI=1S/C10H15NO/c1-7(2)9-4-10(8(3)12)6-11-5-9/h4-8,12H,1-3H3. The van der Waals surface area contributed by atoms with Crippen LogP contribution < -0.4 is 0 Å². The predicted octanol–water partition coefficient (Wildman–Crippen LogP) is 2.26. The van der Waals surface area contributed by atoms with Gasteiger partial charge in [0.05, 0.1) is 6.10 Å². The van der Waals surface area contributed by atoms with Crippen molar-refractivity contribution in [1.29, 1.82) is 0 Å². The molecule has 0 fully saturated rings. The predicted molar refractivity (Wildman–Crippen MR) is 49.0 cm³/mol. The van der Waals surface area contributed by atoms with Crippen molar-refractivity contribution in [3.8, 4) is 0 Å². The summed E-state index contributed by atoms with van der Waals surface area (Å²) in [7, 11) is 0. The summed E-state index contributed by atoms with van der Waals surface area (Å²) in [5, 5.41) is 9.29. The van der Waals surface area contributed by atoms with Crippen molar-refractivity contribution < 1.29 is 5.11 Å². The second-order valence-electron chi connectivity index (χ2n) is 3.38. The highest BCUT2D eigenvalue weighted by atomic mass is 16.3. The molecule has 0 bridgehead atoms. The van der Waals surface area contributed by atoms with E-state index >= 15 is 0 Å². The van der Waals surface area contributed by atoms with Crippen LogP contribution in [0.4, 0.5) is 0 Å². The fraction of sp³-hybridized carbons (Fsp3) is 0.500. The summed E-state index contributed by atoms with van der Waals surface area (Å²) in [6, 6.07) is 2.00. The zero-order chi connectivity index (χ0) is 9.14. The van der Waals surface area contributed by atoms with Crippen LogP contribution in [-0.2, 0) is 0 Å². The number of aliphatic hydroxyl groups is 1. The van der Waals surface area contributed by atoms with Gasteiger partial charge in [-0.2, -0.15) is 0 Å². The molecule has 0 aromatic carbocycles. The molecule has 0 saturated carbocycles. The van der Waals surface area contributed by atoms with Gasteiger partial charge in [0, 0.05) is 12.4 Å². The summed E-state index contributed by atoms with van der Waals surface area (Å²) < 4.78 is 0. The molecule has 0 aliphatic rings. The van der Waals surface area contributed by atoms with Crippen LogP contribution in [0.1, 0.15) is 43.9 Å². The summed E-state index contributed by atoms with van der Waals surface area (Å²) in [4.78, 5) is 4.07. The Bertz CT molecular complexity index is 233. The van der Waals surface area contributed by atoms with Gasteiger partial charge in [-0.15, -0.1) is 0 Å². The summed E-state index contributed by atoms with van der Waals surface area (Å²) in [6.45, 7) is 5.98. The molecule has 0 aliphatic heterocycles. The SMILES string of the molecule is CC(C)c1cncc(C(C)O)c1. The largest absolute Gasteiger partial charge is 0.389 e. The quantitative estimate of drug-likeness (QED) is 0.729. The van der Waals surface area contributed by atoms with Crippen LogP contribution >= 0.6 is 0 Å². The molecule has 2 nitrogen and oxygen atoms in total. The highest BCUT2D eigenvalue weighted by Gasteiger charge is 2.04. The van der Waals surface area contributed by atoms with Gasteiger partial charge < -0.3 is 5.11 Å². The summed E-state index contributed by atoms with van der Waals surface area (Å²) >= 11 is 0. The van der Waals surface area contributed by atoms with Crippen LogP contribution in [0, 0.1) is 0 Å². The van der Waals surface area contributed by atoms with Gasteiger partial charge in [-0.05, 0) is 30.0 Å². The molecule has 12 heavy (non-hydrogen) atoms. The highest BCUT2D eigenvalue weighted by molar-refractivity contribution is 5.21. The Morgan fingerprint density at radius 2 is 1.75 bits per heavy atom. The van der Waals surface area contributed by atoms with E-state index < -0.39 is 6.10 Å². The number of rotatable bonds is 2. The van der Waals surface area contributed by atoms with Gasteiger partial charge >= 0.3 is 0 Å². The smallest absolute Gasteiger partial charge is 0.0776 e. The van der Waals surface area contributed by atoms with Crippen LogP contribution in [-0.4, -0.2) is 10.1 Å². The Hall–Kier alpha value is -0.890. The molecule has 1 N–H and O–H groups in total. The summed E-state index contributed by atoms with van der Waals surface area (Å²) in [5.41, 5.74) is 2.06. The average Bonchev–Trinajstić information content (AvgIpc) is 2.04. The first-order valence-electron chi connectivity index (χ1n) is 4.24. The molecule has 66 valence electrons.